The second kappa shape index (κ2) is 7.89. The van der Waals surface area contributed by atoms with Crippen molar-refractivity contribution in [3.63, 3.8) is 0 Å². The van der Waals surface area contributed by atoms with Crippen molar-refractivity contribution in [2.45, 2.75) is 26.2 Å². The van der Waals surface area contributed by atoms with Crippen molar-refractivity contribution >= 4 is 17.6 Å². The molecule has 0 aliphatic carbocycles. The van der Waals surface area contributed by atoms with Crippen LogP contribution in [0.25, 0.3) is 0 Å². The summed E-state index contributed by atoms with van der Waals surface area (Å²) in [5.41, 5.74) is 1.44. The third kappa shape index (κ3) is 4.10. The zero-order valence-corrected chi connectivity index (χ0v) is 16.1. The second-order valence-corrected chi connectivity index (χ2v) is 8.40. The summed E-state index contributed by atoms with van der Waals surface area (Å²) in [7, 11) is 0. The van der Waals surface area contributed by atoms with Crippen molar-refractivity contribution in [2.24, 2.45) is 17.8 Å². The quantitative estimate of drug-likeness (QED) is 0.841. The number of anilines is 1. The largest absolute Gasteiger partial charge is 0.339 e. The fraction of sp³-hybridized carbons (Fsp3) is 0.619. The molecular formula is C21H30N4O2. The van der Waals surface area contributed by atoms with E-state index < -0.39 is 0 Å². The van der Waals surface area contributed by atoms with E-state index in [4.69, 9.17) is 0 Å². The molecule has 3 amide bonds. The number of piperidine rings is 2. The summed E-state index contributed by atoms with van der Waals surface area (Å²) in [5, 5.41) is 6.41. The number of fused-ring (bicyclic) bond motifs is 1. The Morgan fingerprint density at radius 2 is 1.63 bits per heavy atom. The first-order chi connectivity index (χ1) is 13.1. The van der Waals surface area contributed by atoms with Crippen LogP contribution in [0.3, 0.4) is 0 Å². The van der Waals surface area contributed by atoms with Crippen LogP contribution >= 0.6 is 0 Å². The van der Waals surface area contributed by atoms with E-state index in [0.29, 0.717) is 17.4 Å². The molecule has 1 aromatic rings. The number of nitrogens with zero attached hydrogens (tertiary/aromatic N) is 2. The summed E-state index contributed by atoms with van der Waals surface area (Å²) in [6.07, 6.45) is 3.23. The predicted molar refractivity (Wildman–Crippen MR) is 106 cm³/mol. The summed E-state index contributed by atoms with van der Waals surface area (Å²) in [6.45, 7) is 7.66. The first-order valence-corrected chi connectivity index (χ1v) is 10.3. The Morgan fingerprint density at radius 1 is 0.963 bits per heavy atom. The third-order valence-corrected chi connectivity index (χ3v) is 6.45. The Bertz CT molecular complexity index is 682. The number of hydrogen-bond acceptors (Lipinski definition) is 3. The summed E-state index contributed by atoms with van der Waals surface area (Å²) in [5.74, 6) is 2.10. The highest BCUT2D eigenvalue weighted by Gasteiger charge is 2.34. The lowest BCUT2D eigenvalue weighted by atomic mass is 9.89. The van der Waals surface area contributed by atoms with Crippen molar-refractivity contribution in [1.29, 1.82) is 0 Å². The number of carbonyl (C=O) groups is 2. The molecule has 1 aromatic carbocycles. The second-order valence-electron chi connectivity index (χ2n) is 8.40. The minimum atomic E-state index is -0.0376. The van der Waals surface area contributed by atoms with E-state index in [9.17, 15) is 9.59 Å². The lowest BCUT2D eigenvalue weighted by molar-refractivity contribution is 0.0697. The number of rotatable bonds is 2. The fourth-order valence-electron chi connectivity index (χ4n) is 4.51. The van der Waals surface area contributed by atoms with Crippen LogP contribution < -0.4 is 10.6 Å². The molecule has 3 aliphatic heterocycles. The summed E-state index contributed by atoms with van der Waals surface area (Å²) in [4.78, 5) is 29.0. The highest BCUT2D eigenvalue weighted by atomic mass is 16.2. The number of urea groups is 1. The van der Waals surface area contributed by atoms with Crippen LogP contribution in [0.15, 0.2) is 24.3 Å². The predicted octanol–water partition coefficient (Wildman–Crippen LogP) is 2.63. The van der Waals surface area contributed by atoms with Crippen LogP contribution in [-0.4, -0.2) is 61.0 Å². The van der Waals surface area contributed by atoms with Gasteiger partial charge in [0.05, 0.1) is 0 Å². The Hall–Kier alpha value is -2.08. The zero-order chi connectivity index (χ0) is 18.8. The van der Waals surface area contributed by atoms with Crippen molar-refractivity contribution < 1.29 is 9.59 Å². The smallest absolute Gasteiger partial charge is 0.321 e. The standard InChI is InChI=1S/C21H30N4O2/c1-15-6-9-24(10-7-15)20(26)16-2-4-19(5-3-16)23-21(27)25-11-8-17-12-22-13-18(17)14-25/h2-5,15,17-18,22H,6-14H2,1H3,(H,23,27)/t17-,18-/m1/s1. The fourth-order valence-corrected chi connectivity index (χ4v) is 4.51. The average molecular weight is 370 g/mol. The summed E-state index contributed by atoms with van der Waals surface area (Å²) >= 11 is 0. The van der Waals surface area contributed by atoms with Crippen molar-refractivity contribution in [3.05, 3.63) is 29.8 Å². The van der Waals surface area contributed by atoms with Gasteiger partial charge in [-0.05, 0) is 74.4 Å². The van der Waals surface area contributed by atoms with Crippen LogP contribution in [0.2, 0.25) is 0 Å². The molecule has 0 unspecified atom stereocenters. The molecule has 0 radical (unpaired) electrons. The van der Waals surface area contributed by atoms with E-state index in [1.807, 2.05) is 34.1 Å². The number of likely N-dealkylation sites (tertiary alicyclic amines) is 2. The molecule has 6 heteroatoms. The number of benzene rings is 1. The molecule has 6 nitrogen and oxygen atoms in total. The van der Waals surface area contributed by atoms with E-state index >= 15 is 0 Å². The maximum atomic E-state index is 12.6. The SMILES string of the molecule is CC1CCN(C(=O)c2ccc(NC(=O)N3CC[C@@H]4CNC[C@@H]4C3)cc2)CC1. The summed E-state index contributed by atoms with van der Waals surface area (Å²) in [6, 6.07) is 7.28. The molecule has 3 fully saturated rings. The molecule has 3 aliphatic rings. The van der Waals surface area contributed by atoms with Gasteiger partial charge in [-0.2, -0.15) is 0 Å². The first kappa shape index (κ1) is 18.3. The molecule has 146 valence electrons. The van der Waals surface area contributed by atoms with Crippen LogP contribution in [0.1, 0.15) is 36.5 Å². The van der Waals surface area contributed by atoms with Crippen molar-refractivity contribution in [2.75, 3.05) is 44.6 Å². The Labute approximate surface area is 161 Å². The average Bonchev–Trinajstić information content (AvgIpc) is 3.16. The highest BCUT2D eigenvalue weighted by Crippen LogP contribution is 2.27. The minimum Gasteiger partial charge on any atom is -0.339 e. The number of carbonyl (C=O) groups excluding carboxylic acids is 2. The van der Waals surface area contributed by atoms with E-state index in [2.05, 4.69) is 17.6 Å². The van der Waals surface area contributed by atoms with Crippen molar-refractivity contribution in [1.82, 2.24) is 15.1 Å². The van der Waals surface area contributed by atoms with Gasteiger partial charge in [-0.15, -0.1) is 0 Å². The van der Waals surface area contributed by atoms with Gasteiger partial charge in [-0.3, -0.25) is 4.79 Å². The van der Waals surface area contributed by atoms with E-state index in [1.54, 1.807) is 0 Å². The van der Waals surface area contributed by atoms with Crippen LogP contribution in [0.5, 0.6) is 0 Å². The van der Waals surface area contributed by atoms with Crippen LogP contribution in [0.4, 0.5) is 10.5 Å². The molecule has 3 heterocycles. The molecule has 0 aromatic heterocycles. The Kier molecular flexibility index (Phi) is 5.34. The molecule has 3 saturated heterocycles. The molecule has 4 rings (SSSR count). The maximum Gasteiger partial charge on any atom is 0.321 e. The molecule has 2 atom stereocenters. The zero-order valence-electron chi connectivity index (χ0n) is 16.1. The minimum absolute atomic E-state index is 0.0376. The third-order valence-electron chi connectivity index (χ3n) is 6.45. The van der Waals surface area contributed by atoms with Gasteiger partial charge in [-0.25, -0.2) is 4.79 Å². The topological polar surface area (TPSA) is 64.7 Å². The van der Waals surface area contributed by atoms with Gasteiger partial charge in [0.15, 0.2) is 0 Å². The number of amides is 3. The van der Waals surface area contributed by atoms with Gasteiger partial charge >= 0.3 is 6.03 Å². The van der Waals surface area contributed by atoms with Crippen LogP contribution in [0, 0.1) is 17.8 Å². The molecule has 0 spiro atoms. The maximum absolute atomic E-state index is 12.6. The Morgan fingerprint density at radius 3 is 2.37 bits per heavy atom. The number of nitrogens with one attached hydrogen (secondary N) is 2. The lowest BCUT2D eigenvalue weighted by Gasteiger charge is -2.34. The molecule has 2 N–H and O–H groups in total. The summed E-state index contributed by atoms with van der Waals surface area (Å²) < 4.78 is 0. The molecule has 0 saturated carbocycles. The number of hydrogen-bond donors (Lipinski definition) is 2. The van der Waals surface area contributed by atoms with Gasteiger partial charge in [-0.1, -0.05) is 6.92 Å². The van der Waals surface area contributed by atoms with E-state index in [-0.39, 0.29) is 11.9 Å². The monoisotopic (exact) mass is 370 g/mol. The Balaban J connectivity index is 1.32. The van der Waals surface area contributed by atoms with Gasteiger partial charge in [0.1, 0.15) is 0 Å². The van der Waals surface area contributed by atoms with Crippen molar-refractivity contribution in [3.8, 4) is 0 Å². The first-order valence-electron chi connectivity index (χ1n) is 10.3. The van der Waals surface area contributed by atoms with E-state index in [0.717, 1.165) is 70.1 Å². The highest BCUT2D eigenvalue weighted by molar-refractivity contribution is 5.95. The molecular weight excluding hydrogens is 340 g/mol. The van der Waals surface area contributed by atoms with Gasteiger partial charge in [0.2, 0.25) is 0 Å². The lowest BCUT2D eigenvalue weighted by Crippen LogP contribution is -2.45. The van der Waals surface area contributed by atoms with E-state index in [1.165, 1.54) is 0 Å². The molecule has 27 heavy (non-hydrogen) atoms. The normalized spacial score (nSPS) is 26.0. The van der Waals surface area contributed by atoms with Gasteiger partial charge in [0.25, 0.3) is 5.91 Å². The van der Waals surface area contributed by atoms with Gasteiger partial charge < -0.3 is 20.4 Å². The van der Waals surface area contributed by atoms with Gasteiger partial charge in [0, 0.05) is 37.4 Å². The molecule has 0 bridgehead atoms. The van der Waals surface area contributed by atoms with Crippen LogP contribution in [-0.2, 0) is 0 Å².